The quantitative estimate of drug-likeness (QED) is 0.608. The van der Waals surface area contributed by atoms with Gasteiger partial charge in [0.25, 0.3) is 0 Å². The third-order valence-corrected chi connectivity index (χ3v) is 7.25. The molecule has 0 radical (unpaired) electrons. The zero-order chi connectivity index (χ0) is 19.4. The van der Waals surface area contributed by atoms with Gasteiger partial charge >= 0.3 is 8.25 Å². The van der Waals surface area contributed by atoms with Gasteiger partial charge in [-0.25, -0.2) is 16.8 Å². The van der Waals surface area contributed by atoms with Crippen LogP contribution in [0.5, 0.6) is 0 Å². The molecule has 0 saturated carbocycles. The number of hydrogen-bond acceptors (Lipinski definition) is 7. The smallest absolute Gasteiger partial charge is 0.221 e. The highest BCUT2D eigenvalue weighted by Crippen LogP contribution is 2.27. The summed E-state index contributed by atoms with van der Waals surface area (Å²) in [5.41, 5.74) is 1.78. The van der Waals surface area contributed by atoms with Gasteiger partial charge in [-0.15, -0.1) is 9.05 Å². The minimum absolute atomic E-state index is 0.0128. The Bertz CT molecular complexity index is 898. The average Bonchev–Trinajstić information content (AvgIpc) is 2.59. The second-order valence-corrected chi connectivity index (χ2v) is 10.4. The van der Waals surface area contributed by atoms with E-state index in [4.69, 9.17) is 0 Å². The summed E-state index contributed by atoms with van der Waals surface area (Å²) in [5, 5.41) is 0. The van der Waals surface area contributed by atoms with Crippen LogP contribution in [0.1, 0.15) is 11.1 Å². The lowest BCUT2D eigenvalue weighted by Crippen LogP contribution is -2.10. The molecular formula is C16H18O7PS2+. The lowest BCUT2D eigenvalue weighted by Gasteiger charge is -2.02. The summed E-state index contributed by atoms with van der Waals surface area (Å²) >= 11 is 0. The van der Waals surface area contributed by atoms with Gasteiger partial charge in [0.1, 0.15) is 0 Å². The minimum atomic E-state index is -3.82. The van der Waals surface area contributed by atoms with Gasteiger partial charge in [0.2, 0.25) is 31.6 Å². The number of aryl methyl sites for hydroxylation is 2. The summed E-state index contributed by atoms with van der Waals surface area (Å²) < 4.78 is 69.3. The zero-order valence-electron chi connectivity index (χ0n) is 14.2. The van der Waals surface area contributed by atoms with E-state index in [1.165, 1.54) is 24.3 Å². The van der Waals surface area contributed by atoms with E-state index in [1.54, 1.807) is 24.3 Å². The van der Waals surface area contributed by atoms with Gasteiger partial charge < -0.3 is 0 Å². The summed E-state index contributed by atoms with van der Waals surface area (Å²) in [4.78, 5) is 0.0255. The molecule has 2 rings (SSSR count). The molecule has 0 fully saturated rings. The SMILES string of the molecule is Cc1ccc(S(=O)(=O)CO[P+](=O)OCS(=O)(=O)c2ccc(C)cc2)cc1. The Balaban J connectivity index is 1.92. The van der Waals surface area contributed by atoms with Crippen molar-refractivity contribution in [1.82, 2.24) is 0 Å². The normalized spacial score (nSPS) is 12.1. The van der Waals surface area contributed by atoms with Crippen molar-refractivity contribution in [2.45, 2.75) is 23.6 Å². The number of benzene rings is 2. The molecule has 2 aromatic carbocycles. The lowest BCUT2D eigenvalue weighted by atomic mass is 10.2. The fraction of sp³-hybridized carbons (Fsp3) is 0.250. The van der Waals surface area contributed by atoms with Gasteiger partial charge in [-0.1, -0.05) is 35.4 Å². The molecule has 0 unspecified atom stereocenters. The van der Waals surface area contributed by atoms with E-state index in [1.807, 2.05) is 13.8 Å². The summed E-state index contributed by atoms with van der Waals surface area (Å²) in [5.74, 6) is -1.76. The summed E-state index contributed by atoms with van der Waals surface area (Å²) in [6.07, 6.45) is 0. The van der Waals surface area contributed by atoms with Gasteiger partial charge in [-0.2, -0.15) is 0 Å². The molecule has 0 aliphatic heterocycles. The van der Waals surface area contributed by atoms with E-state index in [0.29, 0.717) is 0 Å². The molecule has 0 amide bonds. The van der Waals surface area contributed by atoms with Crippen LogP contribution in [0.2, 0.25) is 0 Å². The van der Waals surface area contributed by atoms with Crippen LogP contribution in [-0.4, -0.2) is 28.7 Å². The van der Waals surface area contributed by atoms with Crippen LogP contribution in [-0.2, 0) is 33.3 Å². The predicted molar refractivity (Wildman–Crippen MR) is 96.2 cm³/mol. The van der Waals surface area contributed by atoms with Crippen LogP contribution in [0.15, 0.2) is 58.3 Å². The average molecular weight is 417 g/mol. The van der Waals surface area contributed by atoms with E-state index in [-0.39, 0.29) is 9.79 Å². The fourth-order valence-corrected chi connectivity index (χ4v) is 5.14. The van der Waals surface area contributed by atoms with Crippen molar-refractivity contribution in [2.75, 3.05) is 11.9 Å². The lowest BCUT2D eigenvalue weighted by molar-refractivity contribution is 0.275. The van der Waals surface area contributed by atoms with Crippen LogP contribution in [0.25, 0.3) is 0 Å². The van der Waals surface area contributed by atoms with Gasteiger partial charge in [-0.05, 0) is 38.1 Å². The molecule has 0 atom stereocenters. The summed E-state index contributed by atoms with van der Waals surface area (Å²) in [6, 6.07) is 12.1. The topological polar surface area (TPSA) is 104 Å². The molecule has 26 heavy (non-hydrogen) atoms. The van der Waals surface area contributed by atoms with Crippen molar-refractivity contribution in [1.29, 1.82) is 0 Å². The van der Waals surface area contributed by atoms with E-state index in [9.17, 15) is 21.4 Å². The minimum Gasteiger partial charge on any atom is -0.221 e. The molecule has 0 spiro atoms. The van der Waals surface area contributed by atoms with Crippen LogP contribution in [0.3, 0.4) is 0 Å². The third kappa shape index (κ3) is 5.69. The molecule has 7 nitrogen and oxygen atoms in total. The first-order valence-electron chi connectivity index (χ1n) is 7.42. The molecule has 0 bridgehead atoms. The van der Waals surface area contributed by atoms with E-state index < -0.39 is 39.8 Å². The second kappa shape index (κ2) is 8.37. The zero-order valence-corrected chi connectivity index (χ0v) is 16.7. The summed E-state index contributed by atoms with van der Waals surface area (Å²) in [7, 11) is -10.5. The Kier molecular flexibility index (Phi) is 6.65. The highest BCUT2D eigenvalue weighted by atomic mass is 32.2. The predicted octanol–water partition coefficient (Wildman–Crippen LogP) is 3.16. The van der Waals surface area contributed by atoms with Crippen molar-refractivity contribution >= 4 is 27.9 Å². The largest absolute Gasteiger partial charge is 0.699 e. The van der Waals surface area contributed by atoms with Gasteiger partial charge in [0.05, 0.1) is 9.79 Å². The molecule has 140 valence electrons. The standard InChI is InChI=1S/C16H18O7PS2/c1-13-3-7-15(8-4-13)25(18,19)11-22-24(17)23-12-26(20,21)16-9-5-14(2)6-10-16/h3-10H,11-12H2,1-2H3/q+1. The highest BCUT2D eigenvalue weighted by molar-refractivity contribution is 7.91. The first kappa shape index (κ1) is 20.7. The van der Waals surface area contributed by atoms with E-state index in [0.717, 1.165) is 11.1 Å². The van der Waals surface area contributed by atoms with Crippen molar-refractivity contribution < 1.29 is 30.4 Å². The van der Waals surface area contributed by atoms with Crippen LogP contribution in [0.4, 0.5) is 0 Å². The summed E-state index contributed by atoms with van der Waals surface area (Å²) in [6.45, 7) is 3.62. The molecule has 0 heterocycles. The molecule has 10 heteroatoms. The Labute approximate surface area is 153 Å². The third-order valence-electron chi connectivity index (χ3n) is 3.39. The van der Waals surface area contributed by atoms with E-state index >= 15 is 0 Å². The molecule has 0 aliphatic carbocycles. The van der Waals surface area contributed by atoms with Crippen molar-refractivity contribution in [3.63, 3.8) is 0 Å². The van der Waals surface area contributed by atoms with Crippen LogP contribution >= 0.6 is 8.25 Å². The molecule has 2 aromatic rings. The molecule has 0 aromatic heterocycles. The van der Waals surface area contributed by atoms with Gasteiger partial charge in [-0.3, -0.25) is 0 Å². The fourth-order valence-electron chi connectivity index (χ4n) is 1.89. The van der Waals surface area contributed by atoms with Gasteiger partial charge in [0.15, 0.2) is 0 Å². The van der Waals surface area contributed by atoms with Crippen LogP contribution in [0, 0.1) is 13.8 Å². The number of sulfone groups is 2. The van der Waals surface area contributed by atoms with Crippen LogP contribution < -0.4 is 0 Å². The van der Waals surface area contributed by atoms with Crippen molar-refractivity contribution in [2.24, 2.45) is 0 Å². The first-order chi connectivity index (χ1) is 12.1. The maximum atomic E-state index is 12.1. The Hall–Kier alpha value is -1.64. The number of rotatable bonds is 8. The molecular weight excluding hydrogens is 399 g/mol. The Morgan fingerprint density at radius 1 is 0.692 bits per heavy atom. The number of hydrogen-bond donors (Lipinski definition) is 0. The Morgan fingerprint density at radius 2 is 1.00 bits per heavy atom. The maximum Gasteiger partial charge on any atom is 0.699 e. The molecule has 0 N–H and O–H groups in total. The monoisotopic (exact) mass is 417 g/mol. The Morgan fingerprint density at radius 3 is 1.31 bits per heavy atom. The maximum absolute atomic E-state index is 12.1. The van der Waals surface area contributed by atoms with Crippen molar-refractivity contribution in [3.05, 3.63) is 59.7 Å². The second-order valence-electron chi connectivity index (χ2n) is 5.57. The first-order valence-corrected chi connectivity index (χ1v) is 11.8. The van der Waals surface area contributed by atoms with E-state index in [2.05, 4.69) is 9.05 Å². The van der Waals surface area contributed by atoms with Gasteiger partial charge in [0, 0.05) is 4.57 Å². The molecule has 0 saturated heterocycles. The van der Waals surface area contributed by atoms with Crippen molar-refractivity contribution in [3.8, 4) is 0 Å². The molecule has 0 aliphatic rings. The highest BCUT2D eigenvalue weighted by Gasteiger charge is 2.29.